The Hall–Kier alpha value is -1.20. The summed E-state index contributed by atoms with van der Waals surface area (Å²) in [6, 6.07) is 6.55. The highest BCUT2D eigenvalue weighted by atomic mass is 79.9. The minimum Gasteiger partial charge on any atom is -0.325 e. The molecule has 0 spiro atoms. The molecule has 0 aliphatic heterocycles. The number of nitrogens with two attached hydrogens (primary N) is 1. The molecular formula is C10H9BrFN3. The van der Waals surface area contributed by atoms with Crippen LogP contribution in [0.3, 0.4) is 0 Å². The first-order valence-electron chi connectivity index (χ1n) is 4.41. The Morgan fingerprint density at radius 1 is 1.40 bits per heavy atom. The zero-order valence-corrected chi connectivity index (χ0v) is 9.41. The summed E-state index contributed by atoms with van der Waals surface area (Å²) in [5.74, 6) is -0.287. The lowest BCUT2D eigenvalue weighted by Gasteiger charge is -2.02. The predicted octanol–water partition coefficient (Wildman–Crippen LogP) is 2.23. The Bertz CT molecular complexity index is 481. The smallest absolute Gasteiger partial charge is 0.137 e. The average Bonchev–Trinajstić information content (AvgIpc) is 2.70. The maximum Gasteiger partial charge on any atom is 0.137 e. The molecule has 0 atom stereocenters. The van der Waals surface area contributed by atoms with Crippen LogP contribution >= 0.6 is 15.9 Å². The topological polar surface area (TPSA) is 43.8 Å². The summed E-state index contributed by atoms with van der Waals surface area (Å²) in [5, 5.41) is 4.22. The summed E-state index contributed by atoms with van der Waals surface area (Å²) in [6.07, 6.45) is 1.79. The molecule has 2 aromatic rings. The molecule has 0 aliphatic rings. The van der Waals surface area contributed by atoms with E-state index in [-0.39, 0.29) is 5.82 Å². The Balaban J connectivity index is 2.40. The lowest BCUT2D eigenvalue weighted by molar-refractivity contribution is 0.620. The highest BCUT2D eigenvalue weighted by molar-refractivity contribution is 9.10. The van der Waals surface area contributed by atoms with Crippen LogP contribution < -0.4 is 5.73 Å². The molecule has 78 valence electrons. The van der Waals surface area contributed by atoms with E-state index in [0.717, 1.165) is 11.4 Å². The van der Waals surface area contributed by atoms with E-state index in [1.165, 1.54) is 6.07 Å². The van der Waals surface area contributed by atoms with E-state index in [2.05, 4.69) is 21.0 Å². The third-order valence-corrected chi connectivity index (χ3v) is 2.63. The van der Waals surface area contributed by atoms with E-state index in [1.807, 2.05) is 6.07 Å². The first-order valence-corrected chi connectivity index (χ1v) is 5.20. The van der Waals surface area contributed by atoms with Gasteiger partial charge in [0.25, 0.3) is 0 Å². The first-order chi connectivity index (χ1) is 7.20. The number of halogens is 2. The fraction of sp³-hybridized carbons (Fsp3) is 0.100. The summed E-state index contributed by atoms with van der Waals surface area (Å²) in [6.45, 7) is 0.398. The number of nitrogens with zero attached hydrogens (tertiary/aromatic N) is 2. The Kier molecular flexibility index (Phi) is 2.83. The third kappa shape index (κ3) is 2.08. The maximum atomic E-state index is 13.0. The zero-order chi connectivity index (χ0) is 10.8. The van der Waals surface area contributed by atoms with Gasteiger partial charge in [0.05, 0.1) is 15.9 Å². The molecule has 15 heavy (non-hydrogen) atoms. The highest BCUT2D eigenvalue weighted by Gasteiger charge is 2.03. The molecule has 1 aromatic heterocycles. The van der Waals surface area contributed by atoms with Gasteiger partial charge in [-0.05, 0) is 40.2 Å². The number of aromatic nitrogens is 2. The van der Waals surface area contributed by atoms with Crippen molar-refractivity contribution in [1.29, 1.82) is 0 Å². The first kappa shape index (κ1) is 10.3. The standard InChI is InChI=1S/C10H9BrFN3/c11-9-5-8(1-2-10(9)12)15-4-3-7(6-13)14-15/h1-5H,6,13H2. The summed E-state index contributed by atoms with van der Waals surface area (Å²) < 4.78 is 15.1. The van der Waals surface area contributed by atoms with Gasteiger partial charge >= 0.3 is 0 Å². The lowest BCUT2D eigenvalue weighted by Crippen LogP contribution is -2.00. The average molecular weight is 270 g/mol. The van der Waals surface area contributed by atoms with Crippen molar-refractivity contribution in [3.63, 3.8) is 0 Å². The van der Waals surface area contributed by atoms with Gasteiger partial charge in [0.1, 0.15) is 5.82 Å². The third-order valence-electron chi connectivity index (χ3n) is 2.02. The summed E-state index contributed by atoms with van der Waals surface area (Å²) >= 11 is 3.13. The molecule has 0 aliphatic carbocycles. The molecule has 1 heterocycles. The molecule has 0 radical (unpaired) electrons. The Morgan fingerprint density at radius 3 is 2.80 bits per heavy atom. The molecule has 0 fully saturated rings. The van der Waals surface area contributed by atoms with Gasteiger partial charge in [-0.3, -0.25) is 0 Å². The van der Waals surface area contributed by atoms with Gasteiger partial charge < -0.3 is 5.73 Å². The SMILES string of the molecule is NCc1ccn(-c2ccc(F)c(Br)c2)n1. The van der Waals surface area contributed by atoms with Crippen molar-refractivity contribution in [2.75, 3.05) is 0 Å². The van der Waals surface area contributed by atoms with E-state index >= 15 is 0 Å². The van der Waals surface area contributed by atoms with E-state index in [4.69, 9.17) is 5.73 Å². The molecule has 0 saturated heterocycles. The van der Waals surface area contributed by atoms with Gasteiger partial charge in [-0.2, -0.15) is 5.10 Å². The van der Waals surface area contributed by atoms with Crippen molar-refractivity contribution in [3.8, 4) is 5.69 Å². The van der Waals surface area contributed by atoms with Gasteiger partial charge in [-0.15, -0.1) is 0 Å². The van der Waals surface area contributed by atoms with Gasteiger partial charge in [-0.25, -0.2) is 9.07 Å². The minimum atomic E-state index is -0.287. The van der Waals surface area contributed by atoms with Gasteiger partial charge in [0, 0.05) is 12.7 Å². The molecule has 3 nitrogen and oxygen atoms in total. The number of hydrogen-bond donors (Lipinski definition) is 1. The molecule has 0 saturated carbocycles. The number of rotatable bonds is 2. The molecule has 0 unspecified atom stereocenters. The van der Waals surface area contributed by atoms with Crippen LogP contribution in [-0.2, 0) is 6.54 Å². The monoisotopic (exact) mass is 269 g/mol. The Morgan fingerprint density at radius 2 is 2.20 bits per heavy atom. The van der Waals surface area contributed by atoms with E-state index < -0.39 is 0 Å². The normalized spacial score (nSPS) is 10.6. The lowest BCUT2D eigenvalue weighted by atomic mass is 10.3. The van der Waals surface area contributed by atoms with E-state index in [9.17, 15) is 4.39 Å². The molecule has 2 N–H and O–H groups in total. The van der Waals surface area contributed by atoms with Crippen molar-refractivity contribution in [2.45, 2.75) is 6.54 Å². The van der Waals surface area contributed by atoms with Crippen LogP contribution in [0.5, 0.6) is 0 Å². The Labute approximate surface area is 94.8 Å². The van der Waals surface area contributed by atoms with Crippen molar-refractivity contribution in [2.24, 2.45) is 5.73 Å². The van der Waals surface area contributed by atoms with Crippen LogP contribution in [0.25, 0.3) is 5.69 Å². The van der Waals surface area contributed by atoms with Crippen molar-refractivity contribution >= 4 is 15.9 Å². The minimum absolute atomic E-state index is 0.287. The second kappa shape index (κ2) is 4.12. The number of benzene rings is 1. The number of hydrogen-bond acceptors (Lipinski definition) is 2. The van der Waals surface area contributed by atoms with Crippen LogP contribution in [0.2, 0.25) is 0 Å². The quantitative estimate of drug-likeness (QED) is 0.909. The fourth-order valence-electron chi connectivity index (χ4n) is 1.24. The van der Waals surface area contributed by atoms with Crippen molar-refractivity contribution < 1.29 is 4.39 Å². The zero-order valence-electron chi connectivity index (χ0n) is 7.82. The van der Waals surface area contributed by atoms with Crippen molar-refractivity contribution in [1.82, 2.24) is 9.78 Å². The summed E-state index contributed by atoms with van der Waals surface area (Å²) in [4.78, 5) is 0. The van der Waals surface area contributed by atoms with Crippen LogP contribution in [0.15, 0.2) is 34.9 Å². The molecule has 1 aromatic carbocycles. The van der Waals surface area contributed by atoms with Crippen LogP contribution in [0.1, 0.15) is 5.69 Å². The molecule has 5 heteroatoms. The van der Waals surface area contributed by atoms with Gasteiger partial charge in [0.15, 0.2) is 0 Å². The van der Waals surface area contributed by atoms with Crippen LogP contribution in [0, 0.1) is 5.82 Å². The largest absolute Gasteiger partial charge is 0.325 e. The second-order valence-corrected chi connectivity index (χ2v) is 3.91. The maximum absolute atomic E-state index is 13.0. The summed E-state index contributed by atoms with van der Waals surface area (Å²) in [7, 11) is 0. The second-order valence-electron chi connectivity index (χ2n) is 3.05. The predicted molar refractivity (Wildman–Crippen MR) is 59.1 cm³/mol. The van der Waals surface area contributed by atoms with Crippen LogP contribution in [0.4, 0.5) is 4.39 Å². The molecular weight excluding hydrogens is 261 g/mol. The van der Waals surface area contributed by atoms with Crippen molar-refractivity contribution in [3.05, 3.63) is 46.4 Å². The highest BCUT2D eigenvalue weighted by Crippen LogP contribution is 2.19. The van der Waals surface area contributed by atoms with Gasteiger partial charge in [0.2, 0.25) is 0 Å². The van der Waals surface area contributed by atoms with E-state index in [1.54, 1.807) is 23.0 Å². The molecule has 0 bridgehead atoms. The van der Waals surface area contributed by atoms with Crippen LogP contribution in [-0.4, -0.2) is 9.78 Å². The fourth-order valence-corrected chi connectivity index (χ4v) is 1.61. The molecule has 0 amide bonds. The molecule has 2 rings (SSSR count). The van der Waals surface area contributed by atoms with Gasteiger partial charge in [-0.1, -0.05) is 0 Å². The summed E-state index contributed by atoms with van der Waals surface area (Å²) in [5.41, 5.74) is 7.05. The van der Waals surface area contributed by atoms with E-state index in [0.29, 0.717) is 11.0 Å².